The highest BCUT2D eigenvalue weighted by molar-refractivity contribution is 7.18. The highest BCUT2D eigenvalue weighted by atomic mass is 32.1. The summed E-state index contributed by atoms with van der Waals surface area (Å²) in [5, 5.41) is 1.10. The second kappa shape index (κ2) is 4.64. The van der Waals surface area contributed by atoms with Crippen LogP contribution in [0, 0.1) is 18.8 Å². The van der Waals surface area contributed by atoms with Gasteiger partial charge in [-0.2, -0.15) is 0 Å². The summed E-state index contributed by atoms with van der Waals surface area (Å²) in [4.78, 5) is 4.44. The summed E-state index contributed by atoms with van der Waals surface area (Å²) < 4.78 is 1.20. The normalized spacial score (nSPS) is 10.1. The number of aromatic nitrogens is 1. The average Bonchev–Trinajstić information content (AvgIpc) is 2.77. The number of aryl methyl sites for hydroxylation is 1. The molecule has 18 heavy (non-hydrogen) atoms. The Bertz CT molecular complexity index is 745. The molecule has 0 aliphatic heterocycles. The van der Waals surface area contributed by atoms with Gasteiger partial charge < -0.3 is 0 Å². The molecule has 1 nitrogen and oxygen atoms in total. The monoisotopic (exact) mass is 249 g/mol. The SMILES string of the molecule is Cc1nc2ccc(C#Cc3ccccc3)cc2s1. The maximum Gasteiger partial charge on any atom is 0.0907 e. The highest BCUT2D eigenvalue weighted by Gasteiger charge is 1.99. The standard InChI is InChI=1S/C16H11NS/c1-12-17-15-10-9-14(11-16(15)18-12)8-7-13-5-3-2-4-6-13/h2-6,9-11H,1H3. The summed E-state index contributed by atoms with van der Waals surface area (Å²) in [5.74, 6) is 6.36. The van der Waals surface area contributed by atoms with Crippen molar-refractivity contribution >= 4 is 21.6 Å². The van der Waals surface area contributed by atoms with Crippen molar-refractivity contribution in [2.24, 2.45) is 0 Å². The summed E-state index contributed by atoms with van der Waals surface area (Å²) in [5.41, 5.74) is 3.14. The Morgan fingerprint density at radius 1 is 0.944 bits per heavy atom. The number of benzene rings is 2. The van der Waals surface area contributed by atoms with Gasteiger partial charge in [0.1, 0.15) is 0 Å². The molecule has 2 aromatic carbocycles. The Morgan fingerprint density at radius 2 is 1.72 bits per heavy atom. The van der Waals surface area contributed by atoms with Gasteiger partial charge in [0.05, 0.1) is 15.2 Å². The molecule has 0 aliphatic rings. The zero-order chi connectivity index (χ0) is 12.4. The molecule has 0 saturated heterocycles. The minimum atomic E-state index is 1.04. The van der Waals surface area contributed by atoms with Gasteiger partial charge in [-0.15, -0.1) is 11.3 Å². The summed E-state index contributed by atoms with van der Waals surface area (Å²) in [7, 11) is 0. The molecule has 1 heterocycles. The molecule has 0 radical (unpaired) electrons. The van der Waals surface area contributed by atoms with Crippen molar-refractivity contribution in [1.82, 2.24) is 4.98 Å². The minimum Gasteiger partial charge on any atom is -0.242 e. The fraction of sp³-hybridized carbons (Fsp3) is 0.0625. The first kappa shape index (κ1) is 11.0. The van der Waals surface area contributed by atoms with Gasteiger partial charge in [-0.1, -0.05) is 30.0 Å². The predicted molar refractivity (Wildman–Crippen MR) is 76.8 cm³/mol. The minimum absolute atomic E-state index is 1.04. The van der Waals surface area contributed by atoms with E-state index in [4.69, 9.17) is 0 Å². The van der Waals surface area contributed by atoms with E-state index in [2.05, 4.69) is 22.9 Å². The molecule has 0 fully saturated rings. The lowest BCUT2D eigenvalue weighted by atomic mass is 10.2. The third kappa shape index (κ3) is 2.27. The first-order valence-electron chi connectivity index (χ1n) is 5.75. The van der Waals surface area contributed by atoms with Crippen molar-refractivity contribution in [3.8, 4) is 11.8 Å². The molecule has 2 heteroatoms. The van der Waals surface area contributed by atoms with E-state index in [0.29, 0.717) is 0 Å². The summed E-state index contributed by atoms with van der Waals surface area (Å²) >= 11 is 1.71. The first-order valence-corrected chi connectivity index (χ1v) is 6.57. The highest BCUT2D eigenvalue weighted by Crippen LogP contribution is 2.22. The third-order valence-electron chi connectivity index (χ3n) is 2.62. The molecule has 86 valence electrons. The number of fused-ring (bicyclic) bond motifs is 1. The van der Waals surface area contributed by atoms with Gasteiger partial charge in [0, 0.05) is 11.1 Å². The average molecular weight is 249 g/mol. The Balaban J connectivity index is 1.98. The lowest BCUT2D eigenvalue weighted by Gasteiger charge is -1.90. The van der Waals surface area contributed by atoms with Crippen molar-refractivity contribution in [3.63, 3.8) is 0 Å². The fourth-order valence-electron chi connectivity index (χ4n) is 1.78. The van der Waals surface area contributed by atoms with Gasteiger partial charge in [0.25, 0.3) is 0 Å². The number of nitrogens with zero attached hydrogens (tertiary/aromatic N) is 1. The van der Waals surface area contributed by atoms with Crippen LogP contribution in [0.4, 0.5) is 0 Å². The summed E-state index contributed by atoms with van der Waals surface area (Å²) in [6.07, 6.45) is 0. The smallest absolute Gasteiger partial charge is 0.0907 e. The lowest BCUT2D eigenvalue weighted by Crippen LogP contribution is -1.75. The molecular weight excluding hydrogens is 238 g/mol. The molecule has 0 saturated carbocycles. The van der Waals surface area contributed by atoms with Crippen molar-refractivity contribution in [2.75, 3.05) is 0 Å². The van der Waals surface area contributed by atoms with Crippen LogP contribution < -0.4 is 0 Å². The van der Waals surface area contributed by atoms with Crippen molar-refractivity contribution < 1.29 is 0 Å². The molecule has 0 spiro atoms. The van der Waals surface area contributed by atoms with Crippen LogP contribution >= 0.6 is 11.3 Å². The topological polar surface area (TPSA) is 12.9 Å². The molecule has 0 unspecified atom stereocenters. The van der Waals surface area contributed by atoms with Crippen LogP contribution in [0.25, 0.3) is 10.2 Å². The van der Waals surface area contributed by atoms with Gasteiger partial charge >= 0.3 is 0 Å². The Kier molecular flexibility index (Phi) is 2.84. The molecule has 3 rings (SSSR count). The molecular formula is C16H11NS. The quantitative estimate of drug-likeness (QED) is 0.549. The zero-order valence-corrected chi connectivity index (χ0v) is 10.8. The number of rotatable bonds is 0. The van der Waals surface area contributed by atoms with Gasteiger partial charge in [-0.05, 0) is 37.3 Å². The van der Waals surface area contributed by atoms with Crippen LogP contribution in [0.15, 0.2) is 48.5 Å². The lowest BCUT2D eigenvalue weighted by molar-refractivity contribution is 1.35. The van der Waals surface area contributed by atoms with E-state index in [0.717, 1.165) is 21.7 Å². The Labute approximate surface area is 110 Å². The second-order valence-corrected chi connectivity index (χ2v) is 5.27. The van der Waals surface area contributed by atoms with Gasteiger partial charge in [0.2, 0.25) is 0 Å². The molecule has 0 aliphatic carbocycles. The van der Waals surface area contributed by atoms with E-state index in [9.17, 15) is 0 Å². The Hall–Kier alpha value is -2.11. The maximum atomic E-state index is 4.44. The molecule has 0 atom stereocenters. The summed E-state index contributed by atoms with van der Waals surface area (Å²) in [6, 6.07) is 16.2. The van der Waals surface area contributed by atoms with Crippen molar-refractivity contribution in [3.05, 3.63) is 64.7 Å². The maximum absolute atomic E-state index is 4.44. The molecule has 1 aromatic heterocycles. The molecule has 3 aromatic rings. The van der Waals surface area contributed by atoms with Crippen LogP contribution in [-0.4, -0.2) is 4.98 Å². The van der Waals surface area contributed by atoms with Crippen molar-refractivity contribution in [2.45, 2.75) is 6.92 Å². The van der Waals surface area contributed by atoms with Crippen LogP contribution in [0.1, 0.15) is 16.1 Å². The van der Waals surface area contributed by atoms with Crippen LogP contribution in [0.2, 0.25) is 0 Å². The first-order chi connectivity index (χ1) is 8.81. The number of hydrogen-bond donors (Lipinski definition) is 0. The van der Waals surface area contributed by atoms with Crippen LogP contribution in [0.3, 0.4) is 0 Å². The summed E-state index contributed by atoms with van der Waals surface area (Å²) in [6.45, 7) is 2.03. The Morgan fingerprint density at radius 3 is 2.56 bits per heavy atom. The van der Waals surface area contributed by atoms with E-state index in [-0.39, 0.29) is 0 Å². The van der Waals surface area contributed by atoms with Crippen molar-refractivity contribution in [1.29, 1.82) is 0 Å². The number of hydrogen-bond acceptors (Lipinski definition) is 2. The fourth-order valence-corrected chi connectivity index (χ4v) is 2.65. The largest absolute Gasteiger partial charge is 0.242 e. The van der Waals surface area contributed by atoms with E-state index in [1.165, 1.54) is 4.70 Å². The second-order valence-electron chi connectivity index (χ2n) is 4.03. The third-order valence-corrected chi connectivity index (χ3v) is 3.55. The van der Waals surface area contributed by atoms with E-state index >= 15 is 0 Å². The zero-order valence-electron chi connectivity index (χ0n) is 9.97. The molecule has 0 amide bonds. The predicted octanol–water partition coefficient (Wildman–Crippen LogP) is 4.00. The molecule has 0 N–H and O–H groups in total. The van der Waals surface area contributed by atoms with Crippen LogP contribution in [0.5, 0.6) is 0 Å². The molecule has 0 bridgehead atoms. The van der Waals surface area contributed by atoms with Gasteiger partial charge in [0.15, 0.2) is 0 Å². The number of thiazole rings is 1. The van der Waals surface area contributed by atoms with Gasteiger partial charge in [-0.3, -0.25) is 0 Å². The van der Waals surface area contributed by atoms with Crippen LogP contribution in [-0.2, 0) is 0 Å². The van der Waals surface area contributed by atoms with E-state index < -0.39 is 0 Å². The van der Waals surface area contributed by atoms with E-state index in [1.807, 2.05) is 49.4 Å². The van der Waals surface area contributed by atoms with E-state index in [1.54, 1.807) is 11.3 Å². The van der Waals surface area contributed by atoms with Gasteiger partial charge in [-0.25, -0.2) is 4.98 Å².